The van der Waals surface area contributed by atoms with E-state index < -0.39 is 0 Å². The number of para-hydroxylation sites is 1. The van der Waals surface area contributed by atoms with E-state index in [-0.39, 0.29) is 5.41 Å². The predicted molar refractivity (Wildman–Crippen MR) is 234 cm³/mol. The van der Waals surface area contributed by atoms with Crippen LogP contribution in [0.4, 0.5) is 0 Å². The molecule has 58 heavy (non-hydrogen) atoms. The number of nitrogens with zero attached hydrogens (tertiary/aromatic N) is 6. The van der Waals surface area contributed by atoms with Gasteiger partial charge in [0.1, 0.15) is 11.4 Å². The first kappa shape index (κ1) is 33.7. The lowest BCUT2D eigenvalue weighted by Crippen LogP contribution is -2.14. The van der Waals surface area contributed by atoms with Gasteiger partial charge in [0.2, 0.25) is 0 Å². The number of fused-ring (bicyclic) bond motifs is 7. The SMILES string of the molecule is CC1(C)c2ccccc2-c2c1ccc1c3ccccc3n(-c3c(-c4ccccc4)cc(-c4nc(-c5ccccn5)nc(-c5ccccn5)n4)cc3-c3ccccc3)c21. The van der Waals surface area contributed by atoms with Gasteiger partial charge in [0, 0.05) is 50.8 Å². The third-order valence-corrected chi connectivity index (χ3v) is 11.6. The Hall–Kier alpha value is -7.57. The highest BCUT2D eigenvalue weighted by Gasteiger charge is 2.38. The molecule has 274 valence electrons. The van der Waals surface area contributed by atoms with Crippen LogP contribution < -0.4 is 0 Å². The molecular formula is C52H36N6. The van der Waals surface area contributed by atoms with Crippen molar-refractivity contribution in [2.45, 2.75) is 19.3 Å². The zero-order valence-electron chi connectivity index (χ0n) is 32.0. The summed E-state index contributed by atoms with van der Waals surface area (Å²) in [7, 11) is 0. The molecule has 4 aromatic heterocycles. The summed E-state index contributed by atoms with van der Waals surface area (Å²) in [4.78, 5) is 24.4. The summed E-state index contributed by atoms with van der Waals surface area (Å²) in [5.74, 6) is 1.50. The van der Waals surface area contributed by atoms with E-state index in [0.29, 0.717) is 28.9 Å². The van der Waals surface area contributed by atoms with Gasteiger partial charge in [0.25, 0.3) is 0 Å². The van der Waals surface area contributed by atoms with Gasteiger partial charge >= 0.3 is 0 Å². The highest BCUT2D eigenvalue weighted by Crippen LogP contribution is 2.54. The summed E-state index contributed by atoms with van der Waals surface area (Å²) in [5.41, 5.74) is 15.0. The standard InChI is InChI=1S/C52H36N6/c1-52(2)41-23-11-9-22-38(41)46-42(52)28-27-37-36-21-10-12-26-45(36)58(48(37)46)47-39(33-17-5-3-6-18-33)31-35(32-40(47)34-19-7-4-8-20-34)49-55-50(43-24-13-15-29-53-43)57-51(56-49)44-25-14-16-30-54-44/h3-32H,1-2H3. The van der Waals surface area contributed by atoms with Crippen LogP contribution >= 0.6 is 0 Å². The van der Waals surface area contributed by atoms with E-state index in [0.717, 1.165) is 39.0 Å². The van der Waals surface area contributed by atoms with Gasteiger partial charge in [-0.1, -0.05) is 141 Å². The van der Waals surface area contributed by atoms with Gasteiger partial charge in [-0.15, -0.1) is 0 Å². The average molecular weight is 745 g/mol. The topological polar surface area (TPSA) is 69.4 Å². The van der Waals surface area contributed by atoms with E-state index in [1.807, 2.05) is 36.4 Å². The maximum absolute atomic E-state index is 5.13. The first-order valence-electron chi connectivity index (χ1n) is 19.6. The van der Waals surface area contributed by atoms with Gasteiger partial charge in [0.05, 0.1) is 16.7 Å². The summed E-state index contributed by atoms with van der Waals surface area (Å²) < 4.78 is 2.53. The molecular weight excluding hydrogens is 709 g/mol. The van der Waals surface area contributed by atoms with Crippen molar-refractivity contribution in [2.75, 3.05) is 0 Å². The zero-order valence-corrected chi connectivity index (χ0v) is 32.0. The number of aromatic nitrogens is 6. The second kappa shape index (κ2) is 13.3. The number of pyridine rings is 2. The molecule has 0 radical (unpaired) electrons. The summed E-state index contributed by atoms with van der Waals surface area (Å²) in [6.45, 7) is 4.70. The molecule has 11 rings (SSSR count). The lowest BCUT2D eigenvalue weighted by atomic mass is 9.82. The number of hydrogen-bond acceptors (Lipinski definition) is 5. The molecule has 0 N–H and O–H groups in total. The maximum Gasteiger partial charge on any atom is 0.182 e. The number of benzene rings is 6. The van der Waals surface area contributed by atoms with Crippen molar-refractivity contribution in [1.82, 2.24) is 29.5 Å². The van der Waals surface area contributed by atoms with E-state index in [4.69, 9.17) is 15.0 Å². The lowest BCUT2D eigenvalue weighted by molar-refractivity contribution is 0.661. The molecule has 0 atom stereocenters. The van der Waals surface area contributed by atoms with Crippen LogP contribution in [0.15, 0.2) is 182 Å². The van der Waals surface area contributed by atoms with E-state index in [1.54, 1.807) is 12.4 Å². The quantitative estimate of drug-likeness (QED) is 0.170. The predicted octanol–water partition coefficient (Wildman–Crippen LogP) is 12.4. The van der Waals surface area contributed by atoms with E-state index in [1.165, 1.54) is 38.5 Å². The zero-order chi connectivity index (χ0) is 38.8. The van der Waals surface area contributed by atoms with Crippen molar-refractivity contribution in [3.05, 3.63) is 193 Å². The third-order valence-electron chi connectivity index (χ3n) is 11.6. The molecule has 6 heteroatoms. The molecule has 6 aromatic carbocycles. The summed E-state index contributed by atoms with van der Waals surface area (Å²) in [6.07, 6.45) is 3.52. The minimum absolute atomic E-state index is 0.162. The molecule has 0 aliphatic heterocycles. The Morgan fingerprint density at radius 3 is 1.60 bits per heavy atom. The lowest BCUT2D eigenvalue weighted by Gasteiger charge is -2.23. The molecule has 0 fully saturated rings. The van der Waals surface area contributed by atoms with Crippen molar-refractivity contribution in [3.63, 3.8) is 0 Å². The van der Waals surface area contributed by atoms with Gasteiger partial charge < -0.3 is 4.57 Å². The van der Waals surface area contributed by atoms with Gasteiger partial charge in [-0.05, 0) is 70.3 Å². The van der Waals surface area contributed by atoms with Gasteiger partial charge in [-0.2, -0.15) is 0 Å². The fourth-order valence-corrected chi connectivity index (χ4v) is 8.88. The fraction of sp³-hybridized carbons (Fsp3) is 0.0577. The Bertz CT molecular complexity index is 3060. The molecule has 4 heterocycles. The molecule has 0 amide bonds. The molecule has 0 unspecified atom stereocenters. The van der Waals surface area contributed by atoms with E-state index >= 15 is 0 Å². The Morgan fingerprint density at radius 2 is 0.983 bits per heavy atom. The second-order valence-corrected chi connectivity index (χ2v) is 15.3. The van der Waals surface area contributed by atoms with Crippen molar-refractivity contribution in [1.29, 1.82) is 0 Å². The van der Waals surface area contributed by atoms with Crippen molar-refractivity contribution < 1.29 is 0 Å². The van der Waals surface area contributed by atoms with Gasteiger partial charge in [0.15, 0.2) is 17.5 Å². The number of hydrogen-bond donors (Lipinski definition) is 0. The van der Waals surface area contributed by atoms with Crippen LogP contribution in [0.5, 0.6) is 0 Å². The molecule has 10 aromatic rings. The second-order valence-electron chi connectivity index (χ2n) is 15.3. The average Bonchev–Trinajstić information content (AvgIpc) is 3.75. The molecule has 0 spiro atoms. The van der Waals surface area contributed by atoms with Gasteiger partial charge in [-0.3, -0.25) is 9.97 Å². The fourth-order valence-electron chi connectivity index (χ4n) is 8.88. The Morgan fingerprint density at radius 1 is 0.431 bits per heavy atom. The third kappa shape index (κ3) is 5.30. The Balaban J connectivity index is 1.29. The smallest absolute Gasteiger partial charge is 0.182 e. The molecule has 0 saturated carbocycles. The van der Waals surface area contributed by atoms with Crippen LogP contribution in [0.3, 0.4) is 0 Å². The monoisotopic (exact) mass is 744 g/mol. The molecule has 0 saturated heterocycles. The molecule has 1 aliphatic rings. The van der Waals surface area contributed by atoms with Gasteiger partial charge in [-0.25, -0.2) is 15.0 Å². The van der Waals surface area contributed by atoms with E-state index in [2.05, 4.69) is 162 Å². The maximum atomic E-state index is 5.13. The minimum atomic E-state index is -0.162. The first-order chi connectivity index (χ1) is 28.5. The Labute approximate surface area is 336 Å². The van der Waals surface area contributed by atoms with Crippen molar-refractivity contribution in [2.24, 2.45) is 0 Å². The Kier molecular flexibility index (Phi) is 7.73. The van der Waals surface area contributed by atoms with Crippen LogP contribution in [0, 0.1) is 0 Å². The van der Waals surface area contributed by atoms with Crippen LogP contribution in [-0.4, -0.2) is 29.5 Å². The van der Waals surface area contributed by atoms with Crippen LogP contribution in [0.2, 0.25) is 0 Å². The number of rotatable bonds is 6. The molecule has 6 nitrogen and oxygen atoms in total. The highest BCUT2D eigenvalue weighted by molar-refractivity contribution is 6.16. The van der Waals surface area contributed by atoms with Crippen LogP contribution in [-0.2, 0) is 5.41 Å². The molecule has 1 aliphatic carbocycles. The highest BCUT2D eigenvalue weighted by atomic mass is 15.1. The first-order valence-corrected chi connectivity index (χ1v) is 19.6. The summed E-state index contributed by atoms with van der Waals surface area (Å²) in [6, 6.07) is 59.8. The van der Waals surface area contributed by atoms with Crippen molar-refractivity contribution >= 4 is 21.8 Å². The largest absolute Gasteiger partial charge is 0.307 e. The van der Waals surface area contributed by atoms with Crippen LogP contribution in [0.1, 0.15) is 25.0 Å². The summed E-state index contributed by atoms with van der Waals surface area (Å²) >= 11 is 0. The van der Waals surface area contributed by atoms with E-state index in [9.17, 15) is 0 Å². The van der Waals surface area contributed by atoms with Crippen molar-refractivity contribution in [3.8, 4) is 73.5 Å². The normalized spacial score (nSPS) is 12.8. The van der Waals surface area contributed by atoms with Crippen LogP contribution in [0.25, 0.3) is 95.3 Å². The summed E-state index contributed by atoms with van der Waals surface area (Å²) in [5, 5.41) is 2.43. The minimum Gasteiger partial charge on any atom is -0.307 e. The molecule has 0 bridgehead atoms.